The number of hydrogen-bond donors (Lipinski definition) is 0. The van der Waals surface area contributed by atoms with E-state index in [9.17, 15) is 4.79 Å². The van der Waals surface area contributed by atoms with Crippen molar-refractivity contribution in [1.29, 1.82) is 5.26 Å². The van der Waals surface area contributed by atoms with E-state index in [4.69, 9.17) is 5.26 Å². The SMILES string of the molecule is COC(=O)/C(C#N)=C\c1cccnn1. The second-order valence-corrected chi connectivity index (χ2v) is 2.31. The largest absolute Gasteiger partial charge is 0.465 e. The fraction of sp³-hybridized carbons (Fsp3) is 0.111. The number of esters is 1. The molecule has 0 aliphatic heterocycles. The van der Waals surface area contributed by atoms with Gasteiger partial charge in [-0.25, -0.2) is 4.79 Å². The summed E-state index contributed by atoms with van der Waals surface area (Å²) in [6, 6.07) is 5.01. The lowest BCUT2D eigenvalue weighted by atomic mass is 10.2. The Bertz CT molecular complexity index is 392. The molecule has 1 aromatic heterocycles. The van der Waals surface area contributed by atoms with Gasteiger partial charge >= 0.3 is 5.97 Å². The van der Waals surface area contributed by atoms with E-state index in [0.29, 0.717) is 5.69 Å². The van der Waals surface area contributed by atoms with Gasteiger partial charge in [0.15, 0.2) is 0 Å². The zero-order valence-corrected chi connectivity index (χ0v) is 7.47. The average Bonchev–Trinajstić information content (AvgIpc) is 2.26. The van der Waals surface area contributed by atoms with E-state index in [1.807, 2.05) is 0 Å². The van der Waals surface area contributed by atoms with Gasteiger partial charge in [0, 0.05) is 6.20 Å². The molecule has 5 nitrogen and oxygen atoms in total. The minimum absolute atomic E-state index is 0.104. The van der Waals surface area contributed by atoms with Crippen molar-refractivity contribution in [2.75, 3.05) is 7.11 Å². The summed E-state index contributed by atoms with van der Waals surface area (Å²) in [5.74, 6) is -0.682. The lowest BCUT2D eigenvalue weighted by molar-refractivity contribution is -0.135. The van der Waals surface area contributed by atoms with Crippen molar-refractivity contribution >= 4 is 12.0 Å². The molecule has 1 heterocycles. The third kappa shape index (κ3) is 2.38. The molecular formula is C9H7N3O2. The van der Waals surface area contributed by atoms with Crippen LogP contribution in [0.5, 0.6) is 0 Å². The minimum Gasteiger partial charge on any atom is -0.465 e. The molecule has 0 saturated heterocycles. The number of nitriles is 1. The second kappa shape index (κ2) is 4.72. The highest BCUT2D eigenvalue weighted by Crippen LogP contribution is 2.03. The summed E-state index contributed by atoms with van der Waals surface area (Å²) >= 11 is 0. The van der Waals surface area contributed by atoms with Crippen LogP contribution in [-0.4, -0.2) is 23.3 Å². The summed E-state index contributed by atoms with van der Waals surface area (Å²) in [5.41, 5.74) is 0.336. The molecule has 0 unspecified atom stereocenters. The van der Waals surface area contributed by atoms with Gasteiger partial charge in [0.25, 0.3) is 0 Å². The van der Waals surface area contributed by atoms with Gasteiger partial charge in [-0.1, -0.05) is 0 Å². The molecule has 0 aromatic carbocycles. The molecule has 0 saturated carbocycles. The first-order chi connectivity index (χ1) is 6.77. The summed E-state index contributed by atoms with van der Waals surface area (Å²) in [6.07, 6.45) is 2.82. The van der Waals surface area contributed by atoms with Crippen LogP contribution in [-0.2, 0) is 9.53 Å². The first-order valence-corrected chi connectivity index (χ1v) is 3.75. The van der Waals surface area contributed by atoms with E-state index in [-0.39, 0.29) is 5.57 Å². The summed E-state index contributed by atoms with van der Waals surface area (Å²) in [4.78, 5) is 11.0. The van der Waals surface area contributed by atoms with Crippen molar-refractivity contribution in [3.8, 4) is 6.07 Å². The Labute approximate surface area is 80.6 Å². The van der Waals surface area contributed by atoms with Crippen LogP contribution in [0.1, 0.15) is 5.69 Å². The Morgan fingerprint density at radius 2 is 2.50 bits per heavy atom. The molecule has 0 radical (unpaired) electrons. The van der Waals surface area contributed by atoms with Gasteiger partial charge in [0.1, 0.15) is 11.6 Å². The monoisotopic (exact) mass is 189 g/mol. The lowest BCUT2D eigenvalue weighted by Crippen LogP contribution is -2.02. The van der Waals surface area contributed by atoms with Gasteiger partial charge in [-0.05, 0) is 18.2 Å². The number of ether oxygens (including phenoxy) is 1. The minimum atomic E-state index is -0.682. The van der Waals surface area contributed by atoms with Crippen molar-refractivity contribution in [2.24, 2.45) is 0 Å². The highest BCUT2D eigenvalue weighted by atomic mass is 16.5. The molecule has 1 rings (SSSR count). The molecule has 0 N–H and O–H groups in total. The quantitative estimate of drug-likeness (QED) is 0.386. The Morgan fingerprint density at radius 1 is 1.71 bits per heavy atom. The van der Waals surface area contributed by atoms with Crippen molar-refractivity contribution < 1.29 is 9.53 Å². The van der Waals surface area contributed by atoms with E-state index in [0.717, 1.165) is 0 Å². The number of hydrogen-bond acceptors (Lipinski definition) is 5. The third-order valence-electron chi connectivity index (χ3n) is 1.41. The first kappa shape index (κ1) is 9.86. The van der Waals surface area contributed by atoms with E-state index in [1.165, 1.54) is 19.4 Å². The van der Waals surface area contributed by atoms with Gasteiger partial charge < -0.3 is 4.74 Å². The molecule has 0 aliphatic rings. The van der Waals surface area contributed by atoms with Crippen LogP contribution < -0.4 is 0 Å². The topological polar surface area (TPSA) is 75.9 Å². The molecule has 0 fully saturated rings. The molecule has 0 atom stereocenters. The number of carbonyl (C=O) groups is 1. The van der Waals surface area contributed by atoms with E-state index < -0.39 is 5.97 Å². The molecule has 0 bridgehead atoms. The van der Waals surface area contributed by atoms with E-state index in [1.54, 1.807) is 18.2 Å². The number of methoxy groups -OCH3 is 1. The zero-order valence-electron chi connectivity index (χ0n) is 7.47. The maximum atomic E-state index is 11.0. The lowest BCUT2D eigenvalue weighted by Gasteiger charge is -1.95. The highest BCUT2D eigenvalue weighted by Gasteiger charge is 2.08. The number of aromatic nitrogens is 2. The summed E-state index contributed by atoms with van der Waals surface area (Å²) in [7, 11) is 1.21. The molecule has 70 valence electrons. The standard InChI is InChI=1S/C9H7N3O2/c1-14-9(13)7(6-10)5-8-3-2-4-11-12-8/h2-5H,1H3/b7-5-. The zero-order chi connectivity index (χ0) is 10.4. The first-order valence-electron chi connectivity index (χ1n) is 3.75. The molecule has 0 amide bonds. The predicted molar refractivity (Wildman–Crippen MR) is 47.6 cm³/mol. The molecule has 14 heavy (non-hydrogen) atoms. The Hall–Kier alpha value is -2.22. The molecule has 0 spiro atoms. The Morgan fingerprint density at radius 3 is 3.00 bits per heavy atom. The summed E-state index contributed by atoms with van der Waals surface area (Å²) in [5, 5.41) is 15.9. The van der Waals surface area contributed by atoms with Gasteiger partial charge in [-0.2, -0.15) is 15.5 Å². The summed E-state index contributed by atoms with van der Waals surface area (Å²) < 4.78 is 4.40. The van der Waals surface area contributed by atoms with Crippen LogP contribution in [0, 0.1) is 11.3 Å². The molecule has 0 aliphatic carbocycles. The van der Waals surface area contributed by atoms with Gasteiger partial charge in [-0.3, -0.25) is 0 Å². The van der Waals surface area contributed by atoms with E-state index in [2.05, 4.69) is 14.9 Å². The normalized spacial score (nSPS) is 10.4. The average molecular weight is 189 g/mol. The fourth-order valence-corrected chi connectivity index (χ4v) is 0.785. The smallest absolute Gasteiger partial charge is 0.348 e. The Kier molecular flexibility index (Phi) is 3.33. The van der Waals surface area contributed by atoms with E-state index >= 15 is 0 Å². The number of nitrogens with zero attached hydrogens (tertiary/aromatic N) is 3. The van der Waals surface area contributed by atoms with Crippen molar-refractivity contribution in [3.05, 3.63) is 29.6 Å². The van der Waals surface area contributed by atoms with Gasteiger partial charge in [0.05, 0.1) is 12.8 Å². The number of carbonyl (C=O) groups excluding carboxylic acids is 1. The Balaban J connectivity index is 2.97. The maximum absolute atomic E-state index is 11.0. The van der Waals surface area contributed by atoms with Crippen molar-refractivity contribution in [3.63, 3.8) is 0 Å². The van der Waals surface area contributed by atoms with Crippen molar-refractivity contribution in [2.45, 2.75) is 0 Å². The van der Waals surface area contributed by atoms with Crippen LogP contribution >= 0.6 is 0 Å². The van der Waals surface area contributed by atoms with Crippen LogP contribution in [0.2, 0.25) is 0 Å². The van der Waals surface area contributed by atoms with Crippen LogP contribution in [0.25, 0.3) is 6.08 Å². The van der Waals surface area contributed by atoms with Crippen LogP contribution in [0.15, 0.2) is 23.9 Å². The highest BCUT2D eigenvalue weighted by molar-refractivity contribution is 5.97. The molecular weight excluding hydrogens is 182 g/mol. The van der Waals surface area contributed by atoms with Gasteiger partial charge in [-0.15, -0.1) is 0 Å². The van der Waals surface area contributed by atoms with Crippen LogP contribution in [0.4, 0.5) is 0 Å². The van der Waals surface area contributed by atoms with Crippen LogP contribution in [0.3, 0.4) is 0 Å². The fourth-order valence-electron chi connectivity index (χ4n) is 0.785. The summed E-state index contributed by atoms with van der Waals surface area (Å²) in [6.45, 7) is 0. The van der Waals surface area contributed by atoms with Gasteiger partial charge in [0.2, 0.25) is 0 Å². The van der Waals surface area contributed by atoms with Crippen molar-refractivity contribution in [1.82, 2.24) is 10.2 Å². The molecule has 1 aromatic rings. The number of rotatable bonds is 2. The predicted octanol–water partition coefficient (Wildman–Crippen LogP) is 0.557. The third-order valence-corrected chi connectivity index (χ3v) is 1.41. The molecule has 5 heteroatoms. The maximum Gasteiger partial charge on any atom is 0.348 e. The second-order valence-electron chi connectivity index (χ2n) is 2.31.